The third-order valence-electron chi connectivity index (χ3n) is 6.53. The molecular weight excluding hydrogens is 414 g/mol. The fourth-order valence-electron chi connectivity index (χ4n) is 4.92. The molecule has 6 nitrogen and oxygen atoms in total. The van der Waals surface area contributed by atoms with Gasteiger partial charge in [0.1, 0.15) is 0 Å². The fraction of sp³-hybridized carbons (Fsp3) is 0.417. The van der Waals surface area contributed by atoms with Crippen LogP contribution in [0, 0.1) is 0 Å². The summed E-state index contributed by atoms with van der Waals surface area (Å²) in [6.07, 6.45) is 2.69. The Hall–Kier alpha value is -2.57. The first-order valence-electron chi connectivity index (χ1n) is 10.9. The third kappa shape index (κ3) is 4.02. The van der Waals surface area contributed by atoms with Crippen LogP contribution in [-0.4, -0.2) is 60.1 Å². The van der Waals surface area contributed by atoms with E-state index in [2.05, 4.69) is 4.90 Å². The summed E-state index contributed by atoms with van der Waals surface area (Å²) >= 11 is 6.10. The highest BCUT2D eigenvalue weighted by Crippen LogP contribution is 2.36. The lowest BCUT2D eigenvalue weighted by atomic mass is 10.0. The SMILES string of the molecule is O=C(c1ccccc1CN1CCCC1)N1CC[C@]2(C1)CN(c1cccc(Cl)c1)C(=O)O2. The van der Waals surface area contributed by atoms with Crippen molar-refractivity contribution in [2.45, 2.75) is 31.4 Å². The molecule has 2 aromatic carbocycles. The summed E-state index contributed by atoms with van der Waals surface area (Å²) in [6, 6.07) is 15.1. The van der Waals surface area contributed by atoms with Crippen LogP contribution in [0.1, 0.15) is 35.2 Å². The van der Waals surface area contributed by atoms with Crippen molar-refractivity contribution >= 4 is 29.3 Å². The number of rotatable bonds is 4. The van der Waals surface area contributed by atoms with Gasteiger partial charge in [0, 0.05) is 35.8 Å². The highest BCUT2D eigenvalue weighted by Gasteiger charge is 2.51. The molecule has 162 valence electrons. The third-order valence-corrected chi connectivity index (χ3v) is 6.77. The summed E-state index contributed by atoms with van der Waals surface area (Å²) in [5.74, 6) is 0.0175. The Balaban J connectivity index is 1.31. The second-order valence-electron chi connectivity index (χ2n) is 8.73. The van der Waals surface area contributed by atoms with Crippen LogP contribution in [0.15, 0.2) is 48.5 Å². The minimum Gasteiger partial charge on any atom is -0.439 e. The molecule has 0 saturated carbocycles. The Kier molecular flexibility index (Phi) is 5.36. The predicted molar refractivity (Wildman–Crippen MR) is 119 cm³/mol. The van der Waals surface area contributed by atoms with Gasteiger partial charge in [0.15, 0.2) is 5.60 Å². The second kappa shape index (κ2) is 8.17. The lowest BCUT2D eigenvalue weighted by molar-refractivity contribution is 0.0552. The molecule has 0 aromatic heterocycles. The predicted octanol–water partition coefficient (Wildman–Crippen LogP) is 4.18. The van der Waals surface area contributed by atoms with Crippen LogP contribution in [0.4, 0.5) is 10.5 Å². The van der Waals surface area contributed by atoms with Gasteiger partial charge in [-0.15, -0.1) is 0 Å². The van der Waals surface area contributed by atoms with E-state index in [1.54, 1.807) is 17.0 Å². The van der Waals surface area contributed by atoms with Gasteiger partial charge in [-0.3, -0.25) is 14.6 Å². The second-order valence-corrected chi connectivity index (χ2v) is 9.17. The molecule has 2 aromatic rings. The van der Waals surface area contributed by atoms with E-state index in [1.807, 2.05) is 41.3 Å². The molecule has 1 spiro atoms. The minimum absolute atomic E-state index is 0.0175. The molecule has 3 saturated heterocycles. The van der Waals surface area contributed by atoms with Crippen molar-refractivity contribution < 1.29 is 14.3 Å². The molecule has 2 amide bonds. The molecule has 3 aliphatic rings. The van der Waals surface area contributed by atoms with Gasteiger partial charge < -0.3 is 9.64 Å². The Bertz CT molecular complexity index is 1010. The van der Waals surface area contributed by atoms with E-state index in [9.17, 15) is 9.59 Å². The van der Waals surface area contributed by atoms with E-state index in [0.29, 0.717) is 31.1 Å². The van der Waals surface area contributed by atoms with E-state index in [1.165, 1.54) is 12.8 Å². The summed E-state index contributed by atoms with van der Waals surface area (Å²) < 4.78 is 5.81. The monoisotopic (exact) mass is 439 g/mol. The van der Waals surface area contributed by atoms with Gasteiger partial charge in [-0.25, -0.2) is 4.79 Å². The van der Waals surface area contributed by atoms with Crippen molar-refractivity contribution in [3.05, 3.63) is 64.7 Å². The first kappa shape index (κ1) is 20.3. The van der Waals surface area contributed by atoms with Crippen LogP contribution in [0.25, 0.3) is 0 Å². The number of anilines is 1. The van der Waals surface area contributed by atoms with Gasteiger partial charge in [0.2, 0.25) is 0 Å². The van der Waals surface area contributed by atoms with E-state index in [-0.39, 0.29) is 12.0 Å². The molecule has 0 radical (unpaired) electrons. The summed E-state index contributed by atoms with van der Waals surface area (Å²) in [7, 11) is 0. The first-order chi connectivity index (χ1) is 15.0. The molecule has 0 aliphatic carbocycles. The number of carbonyl (C=O) groups excluding carboxylic acids is 2. The average molecular weight is 440 g/mol. The summed E-state index contributed by atoms with van der Waals surface area (Å²) in [6.45, 7) is 4.39. The van der Waals surface area contributed by atoms with Gasteiger partial charge >= 0.3 is 6.09 Å². The number of nitrogens with zero attached hydrogens (tertiary/aromatic N) is 3. The van der Waals surface area contributed by atoms with Crippen LogP contribution in [-0.2, 0) is 11.3 Å². The zero-order chi connectivity index (χ0) is 21.4. The average Bonchev–Trinajstić information content (AvgIpc) is 3.49. The number of hydrogen-bond donors (Lipinski definition) is 0. The maximum Gasteiger partial charge on any atom is 0.415 e. The van der Waals surface area contributed by atoms with Gasteiger partial charge in [-0.05, 0) is 55.8 Å². The molecule has 0 bridgehead atoms. The smallest absolute Gasteiger partial charge is 0.415 e. The highest BCUT2D eigenvalue weighted by atomic mass is 35.5. The zero-order valence-corrected chi connectivity index (χ0v) is 18.2. The molecule has 31 heavy (non-hydrogen) atoms. The molecule has 1 atom stereocenters. The number of ether oxygens (including phenoxy) is 1. The Morgan fingerprint density at radius 1 is 1.03 bits per heavy atom. The van der Waals surface area contributed by atoms with Crippen LogP contribution in [0.5, 0.6) is 0 Å². The molecule has 0 unspecified atom stereocenters. The largest absolute Gasteiger partial charge is 0.439 e. The molecule has 3 heterocycles. The van der Waals surface area contributed by atoms with Crippen molar-refractivity contribution in [2.75, 3.05) is 37.6 Å². The minimum atomic E-state index is -0.668. The maximum atomic E-state index is 13.4. The molecule has 3 aliphatic heterocycles. The van der Waals surface area contributed by atoms with Gasteiger partial charge in [-0.2, -0.15) is 0 Å². The molecule has 3 fully saturated rings. The standard InChI is InChI=1S/C24H26ClN3O3/c25-19-7-5-8-20(14-19)28-17-24(31-23(28)30)10-13-27(16-24)22(29)21-9-2-1-6-18(21)15-26-11-3-4-12-26/h1-2,5-9,14H,3-4,10-13,15-17H2/t24-/m0/s1. The van der Waals surface area contributed by atoms with E-state index in [4.69, 9.17) is 16.3 Å². The highest BCUT2D eigenvalue weighted by molar-refractivity contribution is 6.30. The van der Waals surface area contributed by atoms with Gasteiger partial charge in [0.25, 0.3) is 5.91 Å². The van der Waals surface area contributed by atoms with Crippen LogP contribution < -0.4 is 4.90 Å². The number of likely N-dealkylation sites (tertiary alicyclic amines) is 2. The summed E-state index contributed by atoms with van der Waals surface area (Å²) in [4.78, 5) is 31.8. The normalized spacial score (nSPS) is 23.7. The summed E-state index contributed by atoms with van der Waals surface area (Å²) in [5.41, 5.74) is 1.87. The number of hydrogen-bond acceptors (Lipinski definition) is 4. The molecular formula is C24H26ClN3O3. The van der Waals surface area contributed by atoms with Gasteiger partial charge in [-0.1, -0.05) is 35.9 Å². The quantitative estimate of drug-likeness (QED) is 0.717. The molecule has 5 rings (SSSR count). The van der Waals surface area contributed by atoms with E-state index < -0.39 is 5.60 Å². The Labute approximate surface area is 187 Å². The van der Waals surface area contributed by atoms with Crippen LogP contribution in [0.2, 0.25) is 5.02 Å². The van der Waals surface area contributed by atoms with Crippen LogP contribution >= 0.6 is 11.6 Å². The van der Waals surface area contributed by atoms with Crippen molar-refractivity contribution in [3.63, 3.8) is 0 Å². The Morgan fingerprint density at radius 3 is 2.65 bits per heavy atom. The Morgan fingerprint density at radius 2 is 1.84 bits per heavy atom. The van der Waals surface area contributed by atoms with Crippen LogP contribution in [0.3, 0.4) is 0 Å². The van der Waals surface area contributed by atoms with E-state index in [0.717, 1.165) is 36.4 Å². The van der Waals surface area contributed by atoms with Crippen molar-refractivity contribution in [2.24, 2.45) is 0 Å². The van der Waals surface area contributed by atoms with Crippen molar-refractivity contribution in [3.8, 4) is 0 Å². The summed E-state index contributed by atoms with van der Waals surface area (Å²) in [5, 5.41) is 0.573. The number of halogens is 1. The molecule has 0 N–H and O–H groups in total. The number of carbonyl (C=O) groups is 2. The first-order valence-corrected chi connectivity index (χ1v) is 11.3. The number of amides is 2. The molecule has 7 heteroatoms. The maximum absolute atomic E-state index is 13.4. The van der Waals surface area contributed by atoms with Crippen molar-refractivity contribution in [1.29, 1.82) is 0 Å². The number of benzene rings is 2. The van der Waals surface area contributed by atoms with E-state index >= 15 is 0 Å². The van der Waals surface area contributed by atoms with Gasteiger partial charge in [0.05, 0.1) is 13.1 Å². The lowest BCUT2D eigenvalue weighted by Gasteiger charge is -2.23. The zero-order valence-electron chi connectivity index (χ0n) is 17.4. The lowest BCUT2D eigenvalue weighted by Crippen LogP contribution is -2.39. The van der Waals surface area contributed by atoms with Crippen molar-refractivity contribution in [1.82, 2.24) is 9.80 Å². The topological polar surface area (TPSA) is 53.1 Å². The fourth-order valence-corrected chi connectivity index (χ4v) is 5.10.